The second-order valence-electron chi connectivity index (χ2n) is 5.56. The Bertz CT molecular complexity index is 584. The summed E-state index contributed by atoms with van der Waals surface area (Å²) in [5.74, 6) is 0.992. The van der Waals surface area contributed by atoms with Gasteiger partial charge >= 0.3 is 0 Å². The van der Waals surface area contributed by atoms with Gasteiger partial charge in [0.2, 0.25) is 5.95 Å². The Kier molecular flexibility index (Phi) is 4.03. The molecule has 1 saturated carbocycles. The molecule has 1 aliphatic rings. The predicted octanol–water partition coefficient (Wildman–Crippen LogP) is 4.87. The van der Waals surface area contributed by atoms with Gasteiger partial charge in [-0.3, -0.25) is 0 Å². The average molecular weight is 310 g/mol. The van der Waals surface area contributed by atoms with Crippen LogP contribution in [0.5, 0.6) is 0 Å². The molecule has 0 spiro atoms. The fourth-order valence-corrected chi connectivity index (χ4v) is 3.97. The largest absolute Gasteiger partial charge is 0.353 e. The molecular weight excluding hydrogens is 290 g/mol. The SMILES string of the molecule is Cc1cn(C(C)c2ccc(Cl)s2)c(NC2CCCC2)n1. The Labute approximate surface area is 129 Å². The lowest BCUT2D eigenvalue weighted by molar-refractivity contribution is 0.639. The highest BCUT2D eigenvalue weighted by Crippen LogP contribution is 2.32. The average Bonchev–Trinajstić information content (AvgIpc) is 3.11. The predicted molar refractivity (Wildman–Crippen MR) is 86.0 cm³/mol. The highest BCUT2D eigenvalue weighted by molar-refractivity contribution is 7.16. The quantitative estimate of drug-likeness (QED) is 0.873. The topological polar surface area (TPSA) is 29.9 Å². The van der Waals surface area contributed by atoms with Crippen LogP contribution in [0.15, 0.2) is 18.3 Å². The second kappa shape index (κ2) is 5.78. The van der Waals surface area contributed by atoms with Crippen LogP contribution in [0.3, 0.4) is 0 Å². The lowest BCUT2D eigenvalue weighted by Gasteiger charge is -2.18. The molecule has 0 radical (unpaired) electrons. The molecule has 2 heterocycles. The zero-order valence-corrected chi connectivity index (χ0v) is 13.5. The highest BCUT2D eigenvalue weighted by atomic mass is 35.5. The summed E-state index contributed by atoms with van der Waals surface area (Å²) in [6, 6.07) is 4.91. The number of hydrogen-bond acceptors (Lipinski definition) is 3. The first-order valence-electron chi connectivity index (χ1n) is 7.21. The Balaban J connectivity index is 1.84. The van der Waals surface area contributed by atoms with E-state index in [-0.39, 0.29) is 6.04 Å². The van der Waals surface area contributed by atoms with Gasteiger partial charge in [-0.25, -0.2) is 4.98 Å². The maximum atomic E-state index is 6.05. The van der Waals surface area contributed by atoms with Crippen molar-refractivity contribution >= 4 is 28.9 Å². The molecule has 1 unspecified atom stereocenters. The molecule has 1 atom stereocenters. The summed E-state index contributed by atoms with van der Waals surface area (Å²) >= 11 is 7.69. The normalized spacial score (nSPS) is 17.6. The number of hydrogen-bond donors (Lipinski definition) is 1. The highest BCUT2D eigenvalue weighted by Gasteiger charge is 2.20. The van der Waals surface area contributed by atoms with E-state index in [0.29, 0.717) is 6.04 Å². The van der Waals surface area contributed by atoms with Crippen LogP contribution < -0.4 is 5.32 Å². The van der Waals surface area contributed by atoms with Gasteiger partial charge in [-0.1, -0.05) is 24.4 Å². The van der Waals surface area contributed by atoms with Crippen molar-refractivity contribution < 1.29 is 0 Å². The number of nitrogens with zero attached hydrogens (tertiary/aromatic N) is 2. The number of halogens is 1. The van der Waals surface area contributed by atoms with E-state index in [1.807, 2.05) is 13.0 Å². The third-order valence-corrected chi connectivity index (χ3v) is 5.37. The summed E-state index contributed by atoms with van der Waals surface area (Å²) in [5.41, 5.74) is 1.06. The summed E-state index contributed by atoms with van der Waals surface area (Å²) in [5, 5.41) is 3.61. The van der Waals surface area contributed by atoms with E-state index in [4.69, 9.17) is 11.6 Å². The van der Waals surface area contributed by atoms with Crippen molar-refractivity contribution in [1.82, 2.24) is 9.55 Å². The summed E-state index contributed by atoms with van der Waals surface area (Å²) in [6.07, 6.45) is 7.28. The van der Waals surface area contributed by atoms with Crippen molar-refractivity contribution in [1.29, 1.82) is 0 Å². The number of rotatable bonds is 4. The lowest BCUT2D eigenvalue weighted by atomic mass is 10.2. The lowest BCUT2D eigenvalue weighted by Crippen LogP contribution is -2.19. The van der Waals surface area contributed by atoms with E-state index in [9.17, 15) is 0 Å². The van der Waals surface area contributed by atoms with Crippen LogP contribution in [0.25, 0.3) is 0 Å². The van der Waals surface area contributed by atoms with Gasteiger partial charge in [-0.2, -0.15) is 0 Å². The van der Waals surface area contributed by atoms with Crippen molar-refractivity contribution in [3.8, 4) is 0 Å². The van der Waals surface area contributed by atoms with E-state index in [2.05, 4.69) is 34.1 Å². The Morgan fingerprint density at radius 3 is 2.80 bits per heavy atom. The first kappa shape index (κ1) is 14.0. The van der Waals surface area contributed by atoms with Gasteiger partial charge in [0.1, 0.15) is 0 Å². The molecule has 20 heavy (non-hydrogen) atoms. The molecular formula is C15H20ClN3S. The monoisotopic (exact) mass is 309 g/mol. The fourth-order valence-electron chi connectivity index (χ4n) is 2.86. The van der Waals surface area contributed by atoms with E-state index in [0.717, 1.165) is 16.0 Å². The van der Waals surface area contributed by atoms with Crippen LogP contribution in [0, 0.1) is 6.92 Å². The molecule has 108 valence electrons. The standard InChI is InChI=1S/C15H20ClN3S/c1-10-9-19(11(2)13-7-8-14(16)20-13)15(17-10)18-12-5-3-4-6-12/h7-9,11-12H,3-6H2,1-2H3,(H,17,18). The van der Waals surface area contributed by atoms with Gasteiger partial charge in [-0.15, -0.1) is 11.3 Å². The number of anilines is 1. The maximum absolute atomic E-state index is 6.05. The molecule has 3 nitrogen and oxygen atoms in total. The maximum Gasteiger partial charge on any atom is 0.203 e. The summed E-state index contributed by atoms with van der Waals surface area (Å²) in [6.45, 7) is 4.24. The van der Waals surface area contributed by atoms with E-state index < -0.39 is 0 Å². The van der Waals surface area contributed by atoms with Crippen molar-refractivity contribution in [2.75, 3.05) is 5.32 Å². The van der Waals surface area contributed by atoms with Crippen molar-refractivity contribution in [2.45, 2.75) is 51.6 Å². The minimum absolute atomic E-state index is 0.262. The Hall–Kier alpha value is -1.00. The molecule has 3 rings (SSSR count). The van der Waals surface area contributed by atoms with Gasteiger partial charge in [-0.05, 0) is 38.8 Å². The Morgan fingerprint density at radius 2 is 2.15 bits per heavy atom. The zero-order chi connectivity index (χ0) is 14.1. The number of thiophene rings is 1. The number of imidazole rings is 1. The molecule has 0 aliphatic heterocycles. The molecule has 5 heteroatoms. The minimum Gasteiger partial charge on any atom is -0.353 e. The van der Waals surface area contributed by atoms with Gasteiger partial charge < -0.3 is 9.88 Å². The van der Waals surface area contributed by atoms with E-state index >= 15 is 0 Å². The van der Waals surface area contributed by atoms with Crippen molar-refractivity contribution in [3.63, 3.8) is 0 Å². The number of nitrogens with one attached hydrogen (secondary N) is 1. The van der Waals surface area contributed by atoms with E-state index in [1.165, 1.54) is 30.6 Å². The number of aryl methyl sites for hydroxylation is 1. The van der Waals surface area contributed by atoms with Gasteiger partial charge in [0.05, 0.1) is 16.1 Å². The molecule has 0 saturated heterocycles. The fraction of sp³-hybridized carbons (Fsp3) is 0.533. The molecule has 0 bridgehead atoms. The zero-order valence-electron chi connectivity index (χ0n) is 11.9. The van der Waals surface area contributed by atoms with Crippen LogP contribution in [0.2, 0.25) is 4.34 Å². The molecule has 2 aromatic rings. The number of aromatic nitrogens is 2. The van der Waals surface area contributed by atoms with Crippen molar-refractivity contribution in [2.24, 2.45) is 0 Å². The summed E-state index contributed by atoms with van der Waals surface area (Å²) in [7, 11) is 0. The van der Waals surface area contributed by atoms with Crippen molar-refractivity contribution in [3.05, 3.63) is 33.2 Å². The van der Waals surface area contributed by atoms with Crippen LogP contribution >= 0.6 is 22.9 Å². The second-order valence-corrected chi connectivity index (χ2v) is 7.30. The molecule has 1 N–H and O–H groups in total. The summed E-state index contributed by atoms with van der Waals surface area (Å²) < 4.78 is 3.07. The van der Waals surface area contributed by atoms with Crippen LogP contribution in [0.1, 0.15) is 49.2 Å². The van der Waals surface area contributed by atoms with Crippen LogP contribution in [-0.4, -0.2) is 15.6 Å². The molecule has 1 aliphatic carbocycles. The van der Waals surface area contributed by atoms with Gasteiger partial charge in [0.25, 0.3) is 0 Å². The van der Waals surface area contributed by atoms with Crippen LogP contribution in [-0.2, 0) is 0 Å². The van der Waals surface area contributed by atoms with Gasteiger partial charge in [0, 0.05) is 17.1 Å². The first-order chi connectivity index (χ1) is 9.63. The minimum atomic E-state index is 0.262. The van der Waals surface area contributed by atoms with E-state index in [1.54, 1.807) is 11.3 Å². The third-order valence-electron chi connectivity index (χ3n) is 3.96. The van der Waals surface area contributed by atoms with Gasteiger partial charge in [0.15, 0.2) is 0 Å². The smallest absolute Gasteiger partial charge is 0.203 e. The third kappa shape index (κ3) is 2.86. The first-order valence-corrected chi connectivity index (χ1v) is 8.40. The summed E-state index contributed by atoms with van der Waals surface area (Å²) in [4.78, 5) is 5.92. The molecule has 1 fully saturated rings. The van der Waals surface area contributed by atoms with Crippen LogP contribution in [0.4, 0.5) is 5.95 Å². The Morgan fingerprint density at radius 1 is 1.40 bits per heavy atom. The molecule has 0 amide bonds. The molecule has 2 aromatic heterocycles. The molecule has 0 aromatic carbocycles.